The van der Waals surface area contributed by atoms with Crippen molar-refractivity contribution in [2.45, 2.75) is 58.5 Å². The maximum Gasteiger partial charge on any atom is 0.140 e. The van der Waals surface area contributed by atoms with E-state index in [1.54, 1.807) is 0 Å². The Morgan fingerprint density at radius 2 is 1.81 bits per heavy atom. The van der Waals surface area contributed by atoms with E-state index in [0.717, 1.165) is 25.2 Å². The molecule has 2 N–H and O–H groups in total. The zero-order valence-electron chi connectivity index (χ0n) is 13.3. The Balaban J connectivity index is 2.31. The predicted molar refractivity (Wildman–Crippen MR) is 89.0 cm³/mol. The molecule has 0 aliphatic rings. The van der Waals surface area contributed by atoms with E-state index in [1.165, 1.54) is 30.5 Å². The van der Waals surface area contributed by atoms with Crippen molar-refractivity contribution in [1.82, 2.24) is 9.55 Å². The fraction of sp³-hybridized carbons (Fsp3) is 0.500. The maximum absolute atomic E-state index is 6.38. The monoisotopic (exact) mass is 285 g/mol. The van der Waals surface area contributed by atoms with Crippen LogP contribution in [0.2, 0.25) is 0 Å². The normalized spacial score (nSPS) is 12.5. The van der Waals surface area contributed by atoms with E-state index in [0.29, 0.717) is 0 Å². The van der Waals surface area contributed by atoms with Crippen molar-refractivity contribution in [1.29, 1.82) is 0 Å². The molecular formula is C18H27N3. The van der Waals surface area contributed by atoms with Crippen LogP contribution in [0, 0.1) is 0 Å². The number of hydrogen-bond donors (Lipinski definition) is 1. The highest BCUT2D eigenvalue weighted by molar-refractivity contribution is 5.56. The lowest BCUT2D eigenvalue weighted by Gasteiger charge is -2.16. The quantitative estimate of drug-likeness (QED) is 0.773. The molecule has 0 saturated heterocycles. The number of nitrogens with zero attached hydrogens (tertiary/aromatic N) is 2. The summed E-state index contributed by atoms with van der Waals surface area (Å²) in [6, 6.07) is 10.5. The summed E-state index contributed by atoms with van der Waals surface area (Å²) in [7, 11) is 0. The number of benzene rings is 1. The van der Waals surface area contributed by atoms with Crippen molar-refractivity contribution in [3.05, 3.63) is 42.2 Å². The average Bonchev–Trinajstić information content (AvgIpc) is 2.95. The van der Waals surface area contributed by atoms with Gasteiger partial charge in [0.1, 0.15) is 5.82 Å². The van der Waals surface area contributed by atoms with Crippen LogP contribution in [0.25, 0.3) is 11.4 Å². The Hall–Kier alpha value is -1.61. The summed E-state index contributed by atoms with van der Waals surface area (Å²) in [4.78, 5) is 4.65. The van der Waals surface area contributed by atoms with Gasteiger partial charge in [-0.3, -0.25) is 0 Å². The first kappa shape index (κ1) is 15.8. The summed E-state index contributed by atoms with van der Waals surface area (Å²) in [5.41, 5.74) is 8.73. The zero-order chi connectivity index (χ0) is 15.1. The molecule has 0 unspecified atom stereocenters. The number of unbranched alkanes of at least 4 members (excludes halogenated alkanes) is 2. The van der Waals surface area contributed by atoms with E-state index < -0.39 is 0 Å². The van der Waals surface area contributed by atoms with Gasteiger partial charge in [0.05, 0.1) is 11.9 Å². The number of hydrogen-bond acceptors (Lipinski definition) is 2. The van der Waals surface area contributed by atoms with Crippen LogP contribution < -0.4 is 5.73 Å². The van der Waals surface area contributed by atoms with Gasteiger partial charge in [0, 0.05) is 18.2 Å². The van der Waals surface area contributed by atoms with Crippen molar-refractivity contribution < 1.29 is 0 Å². The summed E-state index contributed by atoms with van der Waals surface area (Å²) >= 11 is 0. The maximum atomic E-state index is 6.38. The van der Waals surface area contributed by atoms with Crippen LogP contribution in [-0.4, -0.2) is 9.55 Å². The number of imidazole rings is 1. The molecule has 114 valence electrons. The fourth-order valence-corrected chi connectivity index (χ4v) is 2.63. The van der Waals surface area contributed by atoms with Crippen LogP contribution >= 0.6 is 0 Å². The van der Waals surface area contributed by atoms with Crippen LogP contribution in [0.3, 0.4) is 0 Å². The number of nitrogens with two attached hydrogens (primary N) is 1. The highest BCUT2D eigenvalue weighted by atomic mass is 15.1. The van der Waals surface area contributed by atoms with Crippen molar-refractivity contribution in [2.24, 2.45) is 5.73 Å². The first-order valence-corrected chi connectivity index (χ1v) is 8.14. The minimum absolute atomic E-state index is 0.0896. The third-order valence-electron chi connectivity index (χ3n) is 3.90. The third-order valence-corrected chi connectivity index (χ3v) is 3.90. The standard InChI is InChI=1S/C18H27N3/c1-3-5-12-16(19)17-14-20-18(21(17)13-6-4-2)15-10-8-7-9-11-15/h7-11,14,16H,3-6,12-13,19H2,1-2H3/t16-/m1/s1. The van der Waals surface area contributed by atoms with Crippen molar-refractivity contribution in [3.8, 4) is 11.4 Å². The predicted octanol–water partition coefficient (Wildman–Crippen LogP) is 4.54. The fourth-order valence-electron chi connectivity index (χ4n) is 2.63. The van der Waals surface area contributed by atoms with E-state index in [4.69, 9.17) is 5.73 Å². The first-order chi connectivity index (χ1) is 10.3. The second-order valence-electron chi connectivity index (χ2n) is 5.63. The van der Waals surface area contributed by atoms with Gasteiger partial charge >= 0.3 is 0 Å². The Morgan fingerprint density at radius 1 is 1.10 bits per heavy atom. The van der Waals surface area contributed by atoms with E-state index in [1.807, 2.05) is 12.3 Å². The van der Waals surface area contributed by atoms with Gasteiger partial charge in [-0.25, -0.2) is 4.98 Å². The molecule has 1 aromatic carbocycles. The molecule has 0 spiro atoms. The molecule has 0 saturated carbocycles. The second-order valence-corrected chi connectivity index (χ2v) is 5.63. The van der Waals surface area contributed by atoms with Gasteiger partial charge in [-0.2, -0.15) is 0 Å². The van der Waals surface area contributed by atoms with Crippen LogP contribution in [-0.2, 0) is 6.54 Å². The molecule has 0 fully saturated rings. The molecule has 0 radical (unpaired) electrons. The summed E-state index contributed by atoms with van der Waals surface area (Å²) < 4.78 is 2.32. The minimum atomic E-state index is 0.0896. The SMILES string of the molecule is CCCC[C@@H](N)c1cnc(-c2ccccc2)n1CCCC. The molecule has 1 atom stereocenters. The molecule has 2 aromatic rings. The van der Waals surface area contributed by atoms with Crippen LogP contribution in [0.4, 0.5) is 0 Å². The summed E-state index contributed by atoms with van der Waals surface area (Å²) in [5.74, 6) is 1.05. The molecule has 3 heteroatoms. The summed E-state index contributed by atoms with van der Waals surface area (Å²) in [5, 5.41) is 0. The highest BCUT2D eigenvalue weighted by Crippen LogP contribution is 2.25. The molecule has 2 rings (SSSR count). The topological polar surface area (TPSA) is 43.8 Å². The van der Waals surface area contributed by atoms with E-state index in [9.17, 15) is 0 Å². The van der Waals surface area contributed by atoms with Gasteiger partial charge in [-0.15, -0.1) is 0 Å². The van der Waals surface area contributed by atoms with Crippen molar-refractivity contribution in [2.75, 3.05) is 0 Å². The molecule has 1 heterocycles. The highest BCUT2D eigenvalue weighted by Gasteiger charge is 2.16. The molecule has 0 amide bonds. The zero-order valence-corrected chi connectivity index (χ0v) is 13.3. The smallest absolute Gasteiger partial charge is 0.140 e. The summed E-state index contributed by atoms with van der Waals surface area (Å²) in [6.45, 7) is 5.42. The van der Waals surface area contributed by atoms with Gasteiger partial charge in [-0.05, 0) is 12.8 Å². The Morgan fingerprint density at radius 3 is 2.48 bits per heavy atom. The van der Waals surface area contributed by atoms with Gasteiger partial charge in [0.2, 0.25) is 0 Å². The van der Waals surface area contributed by atoms with Crippen LogP contribution in [0.1, 0.15) is 57.7 Å². The van der Waals surface area contributed by atoms with Gasteiger partial charge in [0.25, 0.3) is 0 Å². The van der Waals surface area contributed by atoms with Crippen LogP contribution in [0.5, 0.6) is 0 Å². The van der Waals surface area contributed by atoms with Gasteiger partial charge < -0.3 is 10.3 Å². The minimum Gasteiger partial charge on any atom is -0.327 e. The second kappa shape index (κ2) is 7.99. The molecule has 3 nitrogen and oxygen atoms in total. The van der Waals surface area contributed by atoms with Crippen molar-refractivity contribution in [3.63, 3.8) is 0 Å². The molecule has 0 aliphatic carbocycles. The molecule has 0 bridgehead atoms. The Bertz CT molecular complexity index is 531. The lowest BCUT2D eigenvalue weighted by Crippen LogP contribution is -2.16. The van der Waals surface area contributed by atoms with E-state index >= 15 is 0 Å². The summed E-state index contributed by atoms with van der Waals surface area (Å²) in [6.07, 6.45) is 7.68. The van der Waals surface area contributed by atoms with E-state index in [-0.39, 0.29) is 6.04 Å². The van der Waals surface area contributed by atoms with E-state index in [2.05, 4.69) is 47.7 Å². The first-order valence-electron chi connectivity index (χ1n) is 8.14. The largest absolute Gasteiger partial charge is 0.327 e. The van der Waals surface area contributed by atoms with Gasteiger partial charge in [0.15, 0.2) is 0 Å². The Kier molecular flexibility index (Phi) is 6.00. The molecule has 0 aliphatic heterocycles. The molecular weight excluding hydrogens is 258 g/mol. The lowest BCUT2D eigenvalue weighted by molar-refractivity contribution is 0.537. The van der Waals surface area contributed by atoms with Gasteiger partial charge in [-0.1, -0.05) is 63.4 Å². The van der Waals surface area contributed by atoms with Crippen molar-refractivity contribution >= 4 is 0 Å². The third kappa shape index (κ3) is 3.94. The lowest BCUT2D eigenvalue weighted by atomic mass is 10.1. The number of aromatic nitrogens is 2. The average molecular weight is 285 g/mol. The molecule has 21 heavy (non-hydrogen) atoms. The Labute approximate surface area is 128 Å². The number of rotatable bonds is 8. The molecule has 1 aromatic heterocycles. The van der Waals surface area contributed by atoms with Crippen LogP contribution in [0.15, 0.2) is 36.5 Å².